The van der Waals surface area contributed by atoms with Gasteiger partial charge in [0.25, 0.3) is 5.56 Å². The Bertz CT molecular complexity index is 1200. The average Bonchev–Trinajstić information content (AvgIpc) is 2.69. The molecule has 0 unspecified atom stereocenters. The highest BCUT2D eigenvalue weighted by atomic mass is 35.5. The van der Waals surface area contributed by atoms with Crippen molar-refractivity contribution < 1.29 is 12.8 Å². The molecule has 4 rings (SSSR count). The maximum Gasteiger partial charge on any atom is 0.261 e. The Morgan fingerprint density at radius 1 is 1.11 bits per heavy atom. The summed E-state index contributed by atoms with van der Waals surface area (Å²) in [6, 6.07) is 10.1. The highest BCUT2D eigenvalue weighted by molar-refractivity contribution is 7.89. The van der Waals surface area contributed by atoms with Crippen molar-refractivity contribution in [1.29, 1.82) is 0 Å². The minimum absolute atomic E-state index is 0.185. The molecule has 3 aromatic rings. The molecule has 146 valence electrons. The number of sulfonamides is 1. The van der Waals surface area contributed by atoms with Gasteiger partial charge in [-0.3, -0.25) is 9.36 Å². The van der Waals surface area contributed by atoms with Crippen molar-refractivity contribution >= 4 is 32.5 Å². The van der Waals surface area contributed by atoms with Gasteiger partial charge in [-0.15, -0.1) is 0 Å². The van der Waals surface area contributed by atoms with E-state index >= 15 is 0 Å². The van der Waals surface area contributed by atoms with Gasteiger partial charge >= 0.3 is 0 Å². The predicted octanol–water partition coefficient (Wildman–Crippen LogP) is 3.21. The van der Waals surface area contributed by atoms with Gasteiger partial charge in [-0.25, -0.2) is 17.8 Å². The summed E-state index contributed by atoms with van der Waals surface area (Å²) in [5, 5.41) is 0.881. The second kappa shape index (κ2) is 7.27. The molecule has 6 nitrogen and oxygen atoms in total. The van der Waals surface area contributed by atoms with Crippen LogP contribution in [0, 0.1) is 5.82 Å². The lowest BCUT2D eigenvalue weighted by Crippen LogP contribution is -2.41. The van der Waals surface area contributed by atoms with Gasteiger partial charge in [0, 0.05) is 24.2 Å². The molecule has 1 aliphatic heterocycles. The van der Waals surface area contributed by atoms with E-state index in [1.54, 1.807) is 18.2 Å². The van der Waals surface area contributed by atoms with Gasteiger partial charge in [-0.1, -0.05) is 23.7 Å². The van der Waals surface area contributed by atoms with E-state index in [-0.39, 0.29) is 29.6 Å². The van der Waals surface area contributed by atoms with Crippen molar-refractivity contribution in [2.24, 2.45) is 0 Å². The van der Waals surface area contributed by atoms with Gasteiger partial charge in [0.15, 0.2) is 0 Å². The Morgan fingerprint density at radius 2 is 1.82 bits per heavy atom. The maximum absolute atomic E-state index is 13.9. The van der Waals surface area contributed by atoms with E-state index in [2.05, 4.69) is 4.98 Å². The fraction of sp³-hybridized carbons (Fsp3) is 0.263. The first-order chi connectivity index (χ1) is 13.4. The number of aromatic nitrogens is 2. The summed E-state index contributed by atoms with van der Waals surface area (Å²) >= 11 is 5.99. The third-order valence-corrected chi connectivity index (χ3v) is 7.18. The number of hydrogen-bond acceptors (Lipinski definition) is 4. The third-order valence-electron chi connectivity index (χ3n) is 5.02. The predicted molar refractivity (Wildman–Crippen MR) is 104 cm³/mol. The van der Waals surface area contributed by atoms with Crippen LogP contribution < -0.4 is 5.56 Å². The normalized spacial score (nSPS) is 16.5. The minimum Gasteiger partial charge on any atom is -0.296 e. The van der Waals surface area contributed by atoms with E-state index in [0.29, 0.717) is 28.8 Å². The topological polar surface area (TPSA) is 72.3 Å². The van der Waals surface area contributed by atoms with Crippen LogP contribution in [0.25, 0.3) is 10.9 Å². The van der Waals surface area contributed by atoms with Crippen LogP contribution in [-0.2, 0) is 10.0 Å². The van der Waals surface area contributed by atoms with Gasteiger partial charge in [0.2, 0.25) is 10.0 Å². The van der Waals surface area contributed by atoms with Crippen LogP contribution in [0.4, 0.5) is 4.39 Å². The zero-order valence-corrected chi connectivity index (χ0v) is 16.3. The van der Waals surface area contributed by atoms with E-state index in [1.807, 2.05) is 0 Å². The minimum atomic E-state index is -3.91. The first-order valence-electron chi connectivity index (χ1n) is 8.79. The van der Waals surface area contributed by atoms with Crippen molar-refractivity contribution in [2.45, 2.75) is 23.8 Å². The van der Waals surface area contributed by atoms with E-state index in [9.17, 15) is 17.6 Å². The second-order valence-electron chi connectivity index (χ2n) is 6.68. The summed E-state index contributed by atoms with van der Waals surface area (Å²) in [4.78, 5) is 16.8. The number of nitrogens with zero attached hydrogens (tertiary/aromatic N) is 3. The molecule has 0 radical (unpaired) electrons. The van der Waals surface area contributed by atoms with Crippen LogP contribution in [0.15, 0.2) is 58.5 Å². The highest BCUT2D eigenvalue weighted by Crippen LogP contribution is 2.27. The number of fused-ring (bicyclic) bond motifs is 1. The molecule has 0 bridgehead atoms. The monoisotopic (exact) mass is 421 g/mol. The Balaban J connectivity index is 1.58. The molecule has 0 amide bonds. The SMILES string of the molecule is O=c1c2cc(Cl)ccc2ncn1C1CCN(S(=O)(=O)c2ccccc2F)CC1. The van der Waals surface area contributed by atoms with Crippen molar-refractivity contribution in [1.82, 2.24) is 13.9 Å². The van der Waals surface area contributed by atoms with Gasteiger partial charge in [0.05, 0.1) is 17.2 Å². The maximum atomic E-state index is 13.9. The summed E-state index contributed by atoms with van der Waals surface area (Å²) in [6.45, 7) is 0.392. The first-order valence-corrected chi connectivity index (χ1v) is 10.6. The van der Waals surface area contributed by atoms with Gasteiger partial charge in [0.1, 0.15) is 10.7 Å². The van der Waals surface area contributed by atoms with Crippen molar-refractivity contribution in [3.05, 3.63) is 70.0 Å². The molecule has 1 fully saturated rings. The molecule has 0 spiro atoms. The Hall–Kier alpha value is -2.29. The van der Waals surface area contributed by atoms with Crippen LogP contribution in [0.3, 0.4) is 0 Å². The molecule has 0 saturated carbocycles. The lowest BCUT2D eigenvalue weighted by Gasteiger charge is -2.32. The van der Waals surface area contributed by atoms with Crippen LogP contribution in [0.2, 0.25) is 5.02 Å². The van der Waals surface area contributed by atoms with Gasteiger partial charge < -0.3 is 0 Å². The largest absolute Gasteiger partial charge is 0.296 e. The zero-order chi connectivity index (χ0) is 19.9. The van der Waals surface area contributed by atoms with Gasteiger partial charge in [-0.05, 0) is 43.2 Å². The molecular weight excluding hydrogens is 405 g/mol. The number of halogens is 2. The molecular formula is C19H17ClFN3O3S. The van der Waals surface area contributed by atoms with Crippen LogP contribution in [0.1, 0.15) is 18.9 Å². The quantitative estimate of drug-likeness (QED) is 0.651. The fourth-order valence-electron chi connectivity index (χ4n) is 3.52. The smallest absolute Gasteiger partial charge is 0.261 e. The van der Waals surface area contributed by atoms with Crippen molar-refractivity contribution in [3.8, 4) is 0 Å². The first kappa shape index (κ1) is 19.0. The molecule has 2 heterocycles. The number of rotatable bonds is 3. The zero-order valence-electron chi connectivity index (χ0n) is 14.8. The fourth-order valence-corrected chi connectivity index (χ4v) is 5.23. The standard InChI is InChI=1S/C19H17ClFN3O3S/c20-13-5-6-17-15(11-13)19(25)24(12-22-17)14-7-9-23(10-8-14)28(26,27)18-4-2-1-3-16(18)21/h1-6,11-12,14H,7-10H2. The summed E-state index contributed by atoms with van der Waals surface area (Å²) in [5.41, 5.74) is 0.355. The third kappa shape index (κ3) is 3.32. The summed E-state index contributed by atoms with van der Waals surface area (Å²) < 4.78 is 42.2. The molecule has 1 saturated heterocycles. The summed E-state index contributed by atoms with van der Waals surface area (Å²) in [5.74, 6) is -0.767. The van der Waals surface area contributed by atoms with E-state index in [1.165, 1.54) is 33.4 Å². The Morgan fingerprint density at radius 3 is 2.54 bits per heavy atom. The van der Waals surface area contributed by atoms with E-state index in [4.69, 9.17) is 11.6 Å². The molecule has 1 aromatic heterocycles. The van der Waals surface area contributed by atoms with Crippen molar-refractivity contribution in [2.75, 3.05) is 13.1 Å². The van der Waals surface area contributed by atoms with Crippen LogP contribution in [0.5, 0.6) is 0 Å². The lowest BCUT2D eigenvalue weighted by molar-refractivity contribution is 0.269. The number of piperidine rings is 1. The lowest BCUT2D eigenvalue weighted by atomic mass is 10.1. The number of hydrogen-bond donors (Lipinski definition) is 0. The average molecular weight is 422 g/mol. The molecule has 28 heavy (non-hydrogen) atoms. The highest BCUT2D eigenvalue weighted by Gasteiger charge is 2.32. The van der Waals surface area contributed by atoms with Crippen molar-refractivity contribution in [3.63, 3.8) is 0 Å². The summed E-state index contributed by atoms with van der Waals surface area (Å²) in [6.07, 6.45) is 2.35. The number of benzene rings is 2. The molecule has 1 aliphatic rings. The molecule has 9 heteroatoms. The molecule has 0 atom stereocenters. The van der Waals surface area contributed by atoms with Crippen LogP contribution >= 0.6 is 11.6 Å². The van der Waals surface area contributed by atoms with Gasteiger partial charge in [-0.2, -0.15) is 4.31 Å². The Kier molecular flexibility index (Phi) is 4.95. The molecule has 0 aliphatic carbocycles. The van der Waals surface area contributed by atoms with Crippen LogP contribution in [-0.4, -0.2) is 35.4 Å². The van der Waals surface area contributed by atoms with E-state index < -0.39 is 15.8 Å². The molecule has 2 aromatic carbocycles. The molecule has 0 N–H and O–H groups in total. The summed E-state index contributed by atoms with van der Waals surface area (Å²) in [7, 11) is -3.91. The van der Waals surface area contributed by atoms with E-state index in [0.717, 1.165) is 6.07 Å². The second-order valence-corrected chi connectivity index (χ2v) is 9.03. The Labute approximate surface area is 166 Å².